The van der Waals surface area contributed by atoms with E-state index in [0.717, 1.165) is 0 Å². The molecule has 1 atom stereocenters. The summed E-state index contributed by atoms with van der Waals surface area (Å²) in [6, 6.07) is 6.06. The zero-order valence-electron chi connectivity index (χ0n) is 20.0. The Hall–Kier alpha value is -2.65. The van der Waals surface area contributed by atoms with Gasteiger partial charge in [0.05, 0.1) is 20.3 Å². The standard InChI is InChI=1S/C24H35N3O6/c1-17(2)15-21(28)26-12-9-24(10-13-26)27(20(16-33-24)22(29)25-11-14-31-3)23(30)18-5-7-19(32-4)8-6-18/h5-8,17,20H,9-16H2,1-4H3,(H,25,29). The van der Waals surface area contributed by atoms with Crippen LogP contribution in [-0.2, 0) is 19.1 Å². The number of carbonyl (C=O) groups excluding carboxylic acids is 3. The number of nitrogens with one attached hydrogen (secondary N) is 1. The molecule has 0 radical (unpaired) electrons. The molecule has 0 saturated carbocycles. The zero-order chi connectivity index (χ0) is 24.0. The average Bonchev–Trinajstić information content (AvgIpc) is 3.17. The second-order valence-corrected chi connectivity index (χ2v) is 8.94. The van der Waals surface area contributed by atoms with Crippen LogP contribution in [0, 0.1) is 5.92 Å². The fourth-order valence-electron chi connectivity index (χ4n) is 4.42. The summed E-state index contributed by atoms with van der Waals surface area (Å²) in [5.41, 5.74) is -0.469. The summed E-state index contributed by atoms with van der Waals surface area (Å²) in [7, 11) is 3.13. The summed E-state index contributed by atoms with van der Waals surface area (Å²) < 4.78 is 16.4. The highest BCUT2D eigenvalue weighted by atomic mass is 16.5. The topological polar surface area (TPSA) is 97.4 Å². The minimum absolute atomic E-state index is 0.111. The SMILES string of the molecule is COCCNC(=O)C1COC2(CCN(C(=O)CC(C)C)CC2)N1C(=O)c1ccc(OC)cc1. The molecule has 3 amide bonds. The molecule has 2 heterocycles. The van der Waals surface area contributed by atoms with Crippen LogP contribution in [0.4, 0.5) is 0 Å². The second-order valence-electron chi connectivity index (χ2n) is 8.94. The molecule has 2 saturated heterocycles. The van der Waals surface area contributed by atoms with Gasteiger partial charge in [0, 0.05) is 51.6 Å². The van der Waals surface area contributed by atoms with Gasteiger partial charge < -0.3 is 24.4 Å². The molecular weight excluding hydrogens is 426 g/mol. The number of piperidine rings is 1. The molecule has 1 N–H and O–H groups in total. The number of carbonyl (C=O) groups is 3. The molecule has 2 fully saturated rings. The summed E-state index contributed by atoms with van der Waals surface area (Å²) in [6.07, 6.45) is 1.41. The van der Waals surface area contributed by atoms with Gasteiger partial charge in [-0.25, -0.2) is 0 Å². The van der Waals surface area contributed by atoms with Gasteiger partial charge in [0.1, 0.15) is 17.5 Å². The molecular formula is C24H35N3O6. The van der Waals surface area contributed by atoms with Gasteiger partial charge in [-0.3, -0.25) is 19.3 Å². The number of ether oxygens (including phenoxy) is 3. The lowest BCUT2D eigenvalue weighted by atomic mass is 9.96. The van der Waals surface area contributed by atoms with E-state index in [2.05, 4.69) is 5.32 Å². The fourth-order valence-corrected chi connectivity index (χ4v) is 4.42. The summed E-state index contributed by atoms with van der Waals surface area (Å²) in [4.78, 5) is 42.6. The lowest BCUT2D eigenvalue weighted by molar-refractivity contribution is -0.144. The maximum Gasteiger partial charge on any atom is 0.256 e. The molecule has 0 bridgehead atoms. The van der Waals surface area contributed by atoms with Crippen LogP contribution in [0.15, 0.2) is 24.3 Å². The van der Waals surface area contributed by atoms with Gasteiger partial charge in [-0.15, -0.1) is 0 Å². The fraction of sp³-hybridized carbons (Fsp3) is 0.625. The Balaban J connectivity index is 1.82. The first-order valence-corrected chi connectivity index (χ1v) is 11.5. The third-order valence-corrected chi connectivity index (χ3v) is 6.20. The van der Waals surface area contributed by atoms with Crippen LogP contribution in [0.1, 0.15) is 43.5 Å². The lowest BCUT2D eigenvalue weighted by Crippen LogP contribution is -2.60. The van der Waals surface area contributed by atoms with E-state index >= 15 is 0 Å². The molecule has 3 rings (SSSR count). The summed E-state index contributed by atoms with van der Waals surface area (Å²) in [5.74, 6) is 0.488. The molecule has 1 aromatic carbocycles. The van der Waals surface area contributed by atoms with E-state index in [4.69, 9.17) is 14.2 Å². The van der Waals surface area contributed by atoms with Gasteiger partial charge in [-0.1, -0.05) is 13.8 Å². The maximum atomic E-state index is 13.6. The van der Waals surface area contributed by atoms with Crippen molar-refractivity contribution in [1.29, 1.82) is 0 Å². The van der Waals surface area contributed by atoms with Gasteiger partial charge in [0.15, 0.2) is 0 Å². The number of benzene rings is 1. The molecule has 33 heavy (non-hydrogen) atoms. The normalized spacial score (nSPS) is 19.7. The van der Waals surface area contributed by atoms with E-state index in [1.165, 1.54) is 0 Å². The second kappa shape index (κ2) is 11.0. The van der Waals surface area contributed by atoms with Gasteiger partial charge >= 0.3 is 0 Å². The minimum Gasteiger partial charge on any atom is -0.497 e. The van der Waals surface area contributed by atoms with Gasteiger partial charge in [-0.05, 0) is 30.2 Å². The number of methoxy groups -OCH3 is 2. The molecule has 182 valence electrons. The first kappa shape index (κ1) is 25.0. The van der Waals surface area contributed by atoms with E-state index in [1.54, 1.807) is 43.4 Å². The third kappa shape index (κ3) is 5.65. The highest BCUT2D eigenvalue weighted by molar-refractivity contribution is 5.98. The number of nitrogens with zero attached hydrogens (tertiary/aromatic N) is 2. The Kier molecular flexibility index (Phi) is 8.31. The number of rotatable bonds is 8. The molecule has 2 aliphatic rings. The summed E-state index contributed by atoms with van der Waals surface area (Å²) in [5, 5.41) is 2.83. The molecule has 9 heteroatoms. The Bertz CT molecular complexity index is 833. The number of amides is 3. The van der Waals surface area contributed by atoms with E-state index in [1.807, 2.05) is 18.7 Å². The molecule has 1 aromatic rings. The number of likely N-dealkylation sites (tertiary alicyclic amines) is 1. The highest BCUT2D eigenvalue weighted by Crippen LogP contribution is 2.38. The lowest BCUT2D eigenvalue weighted by Gasteiger charge is -2.44. The highest BCUT2D eigenvalue weighted by Gasteiger charge is 2.54. The maximum absolute atomic E-state index is 13.6. The average molecular weight is 462 g/mol. The van der Waals surface area contributed by atoms with E-state index < -0.39 is 11.8 Å². The van der Waals surface area contributed by atoms with Gasteiger partial charge in [-0.2, -0.15) is 0 Å². The molecule has 1 unspecified atom stereocenters. The van der Waals surface area contributed by atoms with Crippen LogP contribution >= 0.6 is 0 Å². The van der Waals surface area contributed by atoms with Crippen LogP contribution < -0.4 is 10.1 Å². The largest absolute Gasteiger partial charge is 0.497 e. The van der Waals surface area contributed by atoms with Crippen LogP contribution in [0.25, 0.3) is 0 Å². The predicted octanol–water partition coefficient (Wildman–Crippen LogP) is 1.66. The van der Waals surface area contributed by atoms with E-state index in [0.29, 0.717) is 56.8 Å². The molecule has 9 nitrogen and oxygen atoms in total. The predicted molar refractivity (Wildman–Crippen MR) is 122 cm³/mol. The van der Waals surface area contributed by atoms with Crippen LogP contribution in [0.5, 0.6) is 5.75 Å². The minimum atomic E-state index is -0.922. The molecule has 0 aliphatic carbocycles. The van der Waals surface area contributed by atoms with Crippen molar-refractivity contribution in [3.05, 3.63) is 29.8 Å². The van der Waals surface area contributed by atoms with Crippen molar-refractivity contribution in [2.45, 2.75) is 44.9 Å². The third-order valence-electron chi connectivity index (χ3n) is 6.20. The van der Waals surface area contributed by atoms with Crippen molar-refractivity contribution in [2.75, 3.05) is 47.1 Å². The van der Waals surface area contributed by atoms with Gasteiger partial charge in [0.25, 0.3) is 5.91 Å². The van der Waals surface area contributed by atoms with Crippen molar-refractivity contribution in [2.24, 2.45) is 5.92 Å². The van der Waals surface area contributed by atoms with E-state index in [9.17, 15) is 14.4 Å². The first-order chi connectivity index (χ1) is 15.8. The Morgan fingerprint density at radius 2 is 1.82 bits per heavy atom. The number of hydrogen-bond donors (Lipinski definition) is 1. The first-order valence-electron chi connectivity index (χ1n) is 11.5. The monoisotopic (exact) mass is 461 g/mol. The Morgan fingerprint density at radius 3 is 2.39 bits per heavy atom. The zero-order valence-corrected chi connectivity index (χ0v) is 20.0. The quantitative estimate of drug-likeness (QED) is 0.592. The van der Waals surface area contributed by atoms with Gasteiger partial charge in [0.2, 0.25) is 11.8 Å². The molecule has 1 spiro atoms. The Morgan fingerprint density at radius 1 is 1.15 bits per heavy atom. The van der Waals surface area contributed by atoms with Crippen molar-refractivity contribution in [1.82, 2.24) is 15.1 Å². The van der Waals surface area contributed by atoms with Crippen LogP contribution in [0.2, 0.25) is 0 Å². The summed E-state index contributed by atoms with van der Waals surface area (Å²) in [6.45, 7) is 5.84. The van der Waals surface area contributed by atoms with Crippen molar-refractivity contribution in [3.8, 4) is 5.75 Å². The molecule has 0 aromatic heterocycles. The molecule has 2 aliphatic heterocycles. The summed E-state index contributed by atoms with van der Waals surface area (Å²) >= 11 is 0. The van der Waals surface area contributed by atoms with Crippen LogP contribution in [-0.4, -0.2) is 86.4 Å². The van der Waals surface area contributed by atoms with Crippen molar-refractivity contribution in [3.63, 3.8) is 0 Å². The van der Waals surface area contributed by atoms with E-state index in [-0.39, 0.29) is 30.2 Å². The smallest absolute Gasteiger partial charge is 0.256 e. The van der Waals surface area contributed by atoms with Crippen molar-refractivity contribution < 1.29 is 28.6 Å². The van der Waals surface area contributed by atoms with Crippen LogP contribution in [0.3, 0.4) is 0 Å². The Labute approximate surface area is 195 Å². The van der Waals surface area contributed by atoms with Crippen molar-refractivity contribution >= 4 is 17.7 Å². The number of hydrogen-bond acceptors (Lipinski definition) is 6.